The molecule has 0 spiro atoms. The van der Waals surface area contributed by atoms with Gasteiger partial charge >= 0.3 is 12.0 Å². The Morgan fingerprint density at radius 1 is 0.800 bits per heavy atom. The highest BCUT2D eigenvalue weighted by atomic mass is 35.8. The Bertz CT molecular complexity index is 171. The van der Waals surface area contributed by atoms with Gasteiger partial charge in [-0.15, -0.1) is 66.5 Å². The van der Waals surface area contributed by atoms with Crippen LogP contribution in [-0.4, -0.2) is 23.3 Å². The number of hydrogen-bond donors (Lipinski definition) is 1. The lowest BCUT2D eigenvalue weighted by molar-refractivity contribution is 0.567. The molecule has 1 N–H and O–H groups in total. The number of hydrogen-bond acceptors (Lipinski definition) is 1. The van der Waals surface area contributed by atoms with Crippen molar-refractivity contribution in [2.75, 3.05) is 0 Å². The third kappa shape index (κ3) is 6.58. The van der Waals surface area contributed by atoms with E-state index < -0.39 is 12.0 Å². The maximum atomic E-state index is 5.94. The molecule has 0 saturated carbocycles. The van der Waals surface area contributed by atoms with E-state index in [4.69, 9.17) is 66.5 Å². The van der Waals surface area contributed by atoms with Crippen molar-refractivity contribution in [1.82, 2.24) is 5.32 Å². The topological polar surface area (TPSA) is 12.0 Å². The lowest BCUT2D eigenvalue weighted by Crippen LogP contribution is -2.54. The molecule has 9 heteroatoms. The minimum Gasteiger partial charge on any atom is -0.309 e. The summed E-state index contributed by atoms with van der Waals surface area (Å²) in [5, 5.41) is 3.17. The van der Waals surface area contributed by atoms with Gasteiger partial charge in [-0.2, -0.15) is 0 Å². The van der Waals surface area contributed by atoms with Crippen LogP contribution in [0.25, 0.3) is 0 Å². The molecule has 1 nitrogen and oxygen atoms in total. The molecular weight excluding hydrogens is 355 g/mol. The Morgan fingerprint density at radius 3 is 1.20 bits per heavy atom. The average molecular weight is 368 g/mol. The van der Waals surface area contributed by atoms with Crippen molar-refractivity contribution >= 4 is 78.5 Å². The lowest BCUT2D eigenvalue weighted by Gasteiger charge is -2.30. The molecule has 0 saturated heterocycles. The largest absolute Gasteiger partial charge is 0.357 e. The highest BCUT2D eigenvalue weighted by Crippen LogP contribution is 2.30. The summed E-state index contributed by atoms with van der Waals surface area (Å²) in [6.45, 7) is 3.89. The zero-order chi connectivity index (χ0) is 12.3. The molecule has 0 aromatic carbocycles. The Labute approximate surface area is 121 Å². The molecule has 0 aliphatic heterocycles. The van der Waals surface area contributed by atoms with Crippen molar-refractivity contribution in [3.05, 3.63) is 0 Å². The van der Waals surface area contributed by atoms with Crippen LogP contribution in [0.4, 0.5) is 0 Å². The van der Waals surface area contributed by atoms with Gasteiger partial charge in [0.2, 0.25) is 0 Å². The van der Waals surface area contributed by atoms with Crippen LogP contribution in [0.5, 0.6) is 0 Å². The van der Waals surface area contributed by atoms with Crippen molar-refractivity contribution < 1.29 is 0 Å². The van der Waals surface area contributed by atoms with Gasteiger partial charge in [-0.05, 0) is 12.8 Å². The van der Waals surface area contributed by atoms with Crippen molar-refractivity contribution in [2.45, 2.75) is 38.0 Å². The van der Waals surface area contributed by atoms with E-state index >= 15 is 0 Å². The summed E-state index contributed by atoms with van der Waals surface area (Å²) in [5.41, 5.74) is -0.342. The molecule has 92 valence electrons. The molecule has 0 aliphatic rings. The van der Waals surface area contributed by atoms with Crippen molar-refractivity contribution in [3.63, 3.8) is 0 Å². The molecule has 0 bridgehead atoms. The van der Waals surface area contributed by atoms with Crippen LogP contribution in [0.15, 0.2) is 0 Å². The van der Waals surface area contributed by atoms with Crippen molar-refractivity contribution in [1.29, 1.82) is 0 Å². The molecule has 0 aromatic heterocycles. The second-order valence-corrected chi connectivity index (χ2v) is 20.9. The van der Waals surface area contributed by atoms with Crippen LogP contribution in [0.2, 0.25) is 0 Å². The van der Waals surface area contributed by atoms with Gasteiger partial charge in [-0.3, -0.25) is 0 Å². The first kappa shape index (κ1) is 17.1. The SMILES string of the molecule is CCC(NC(CC)[Si](Cl)(Cl)Cl)[Si](Cl)(Cl)Cl. The van der Waals surface area contributed by atoms with E-state index in [2.05, 4.69) is 5.32 Å². The summed E-state index contributed by atoms with van der Waals surface area (Å²) >= 11 is 35.7. The lowest BCUT2D eigenvalue weighted by atomic mass is 10.4. The van der Waals surface area contributed by atoms with Gasteiger partial charge in [0.1, 0.15) is 0 Å². The highest BCUT2D eigenvalue weighted by molar-refractivity contribution is 7.66. The first-order valence-electron chi connectivity index (χ1n) is 4.52. The molecule has 0 amide bonds. The van der Waals surface area contributed by atoms with Gasteiger partial charge in [-0.1, -0.05) is 13.8 Å². The van der Waals surface area contributed by atoms with E-state index in [0.29, 0.717) is 12.8 Å². The molecule has 15 heavy (non-hydrogen) atoms. The van der Waals surface area contributed by atoms with E-state index in [0.717, 1.165) is 0 Å². The van der Waals surface area contributed by atoms with E-state index in [1.54, 1.807) is 0 Å². The van der Waals surface area contributed by atoms with Crippen molar-refractivity contribution in [3.8, 4) is 0 Å². The number of rotatable bonds is 6. The van der Waals surface area contributed by atoms with Crippen LogP contribution in [0.3, 0.4) is 0 Å². The summed E-state index contributed by atoms with van der Waals surface area (Å²) in [5.74, 6) is 0. The maximum absolute atomic E-state index is 5.94. The zero-order valence-corrected chi connectivity index (χ0v) is 14.9. The quantitative estimate of drug-likeness (QED) is 0.537. The fourth-order valence-electron chi connectivity index (χ4n) is 1.13. The van der Waals surface area contributed by atoms with Crippen LogP contribution < -0.4 is 5.32 Å². The summed E-state index contributed by atoms with van der Waals surface area (Å²) in [7, 11) is 0. The summed E-state index contributed by atoms with van der Waals surface area (Å²) in [4.78, 5) is 0. The molecule has 0 rings (SSSR count). The Morgan fingerprint density at radius 2 is 1.07 bits per heavy atom. The molecular formula is C6H13Cl6NSi2. The van der Waals surface area contributed by atoms with Gasteiger partial charge in [0.25, 0.3) is 0 Å². The third-order valence-electron chi connectivity index (χ3n) is 2.01. The first-order valence-corrected chi connectivity index (χ1v) is 14.7. The summed E-state index contributed by atoms with van der Waals surface area (Å²) in [6, 6.07) is -5.59. The van der Waals surface area contributed by atoms with Crippen LogP contribution in [0.1, 0.15) is 26.7 Å². The predicted octanol–water partition coefficient (Wildman–Crippen LogP) is 4.52. The Balaban J connectivity index is 4.52. The van der Waals surface area contributed by atoms with Crippen LogP contribution in [0, 0.1) is 0 Å². The number of halogens is 6. The fraction of sp³-hybridized carbons (Fsp3) is 1.00. The van der Waals surface area contributed by atoms with Crippen molar-refractivity contribution in [2.24, 2.45) is 0 Å². The fourth-order valence-corrected chi connectivity index (χ4v) is 6.91. The van der Waals surface area contributed by atoms with Gasteiger partial charge in [-0.25, -0.2) is 0 Å². The predicted molar refractivity (Wildman–Crippen MR) is 77.9 cm³/mol. The Kier molecular flexibility index (Phi) is 7.89. The second-order valence-electron chi connectivity index (χ2n) is 3.17. The normalized spacial score (nSPS) is 17.6. The Hall–Kier alpha value is 2.13. The minimum absolute atomic E-state index is 0.171. The smallest absolute Gasteiger partial charge is 0.309 e. The average Bonchev–Trinajstić information content (AvgIpc) is 2.01. The minimum atomic E-state index is -2.79. The summed E-state index contributed by atoms with van der Waals surface area (Å²) in [6.07, 6.45) is 1.43. The van der Waals surface area contributed by atoms with Crippen LogP contribution >= 0.6 is 66.5 Å². The molecule has 0 radical (unpaired) electrons. The van der Waals surface area contributed by atoms with E-state index in [1.807, 2.05) is 13.8 Å². The van der Waals surface area contributed by atoms with Gasteiger partial charge in [0, 0.05) is 11.3 Å². The summed E-state index contributed by atoms with van der Waals surface area (Å²) < 4.78 is 0. The first-order chi connectivity index (χ1) is 6.62. The molecule has 0 heterocycles. The maximum Gasteiger partial charge on any atom is 0.357 e. The monoisotopic (exact) mass is 365 g/mol. The molecule has 2 atom stereocenters. The van der Waals surface area contributed by atoms with E-state index in [9.17, 15) is 0 Å². The van der Waals surface area contributed by atoms with Gasteiger partial charge < -0.3 is 5.32 Å². The van der Waals surface area contributed by atoms with Gasteiger partial charge in [0.15, 0.2) is 0 Å². The third-order valence-corrected chi connectivity index (χ3v) is 9.48. The number of nitrogens with one attached hydrogen (secondary N) is 1. The molecule has 0 fully saturated rings. The standard InChI is InChI=1S/C6H13Cl6NSi2/c1-3-5(14(7,8)9)13-6(4-2)15(10,11)12/h5-6,13H,3-4H2,1-2H3. The van der Waals surface area contributed by atoms with E-state index in [-0.39, 0.29) is 11.3 Å². The highest BCUT2D eigenvalue weighted by Gasteiger charge is 2.42. The molecule has 0 aliphatic carbocycles. The molecule has 2 unspecified atom stereocenters. The van der Waals surface area contributed by atoms with Gasteiger partial charge in [0.05, 0.1) is 0 Å². The molecule has 0 aromatic rings. The zero-order valence-electron chi connectivity index (χ0n) is 8.34. The van der Waals surface area contributed by atoms with E-state index in [1.165, 1.54) is 0 Å². The second kappa shape index (κ2) is 6.90. The van der Waals surface area contributed by atoms with Crippen LogP contribution in [-0.2, 0) is 0 Å².